The Bertz CT molecular complexity index is 1010. The zero-order valence-electron chi connectivity index (χ0n) is 19.9. The number of rotatable bonds is 6. The second-order valence-corrected chi connectivity index (χ2v) is 10.7. The summed E-state index contributed by atoms with van der Waals surface area (Å²) in [5.41, 5.74) is 0.353. The van der Waals surface area contributed by atoms with E-state index in [4.69, 9.17) is 58.3 Å². The summed E-state index contributed by atoms with van der Waals surface area (Å²) in [5.74, 6) is 0.432. The van der Waals surface area contributed by atoms with Crippen molar-refractivity contribution in [3.63, 3.8) is 0 Å². The van der Waals surface area contributed by atoms with Crippen LogP contribution < -0.4 is 10.2 Å². The fourth-order valence-corrected chi connectivity index (χ4v) is 4.55. The van der Waals surface area contributed by atoms with Gasteiger partial charge in [0, 0.05) is 18.2 Å². The third-order valence-corrected chi connectivity index (χ3v) is 7.29. The van der Waals surface area contributed by atoms with E-state index in [9.17, 15) is 0 Å². The molecule has 0 radical (unpaired) electrons. The second kappa shape index (κ2) is 10.1. The highest BCUT2D eigenvalue weighted by Gasteiger charge is 2.51. The van der Waals surface area contributed by atoms with E-state index in [2.05, 4.69) is 10.2 Å². The molecule has 1 aromatic carbocycles. The van der Waals surface area contributed by atoms with Crippen LogP contribution in [0, 0.1) is 0 Å². The Kier molecular flexibility index (Phi) is 7.70. The predicted octanol–water partition coefficient (Wildman–Crippen LogP) is 6.13. The lowest BCUT2D eigenvalue weighted by molar-refractivity contribution is -0.186. The van der Waals surface area contributed by atoms with Crippen LogP contribution >= 0.6 is 34.8 Å². The van der Waals surface area contributed by atoms with Crippen molar-refractivity contribution in [1.29, 1.82) is 0 Å². The Morgan fingerprint density at radius 1 is 1.00 bits per heavy atom. The maximum Gasteiger partial charge on any atom is 0.494 e. The van der Waals surface area contributed by atoms with Crippen molar-refractivity contribution in [3.8, 4) is 11.6 Å². The zero-order chi connectivity index (χ0) is 24.7. The molecule has 0 amide bonds. The smallest absolute Gasteiger partial charge is 0.434 e. The highest BCUT2D eigenvalue weighted by molar-refractivity contribution is 6.63. The molecule has 34 heavy (non-hydrogen) atoms. The van der Waals surface area contributed by atoms with Gasteiger partial charge in [-0.25, -0.2) is 0 Å². The van der Waals surface area contributed by atoms with Crippen LogP contribution in [-0.2, 0) is 18.8 Å². The van der Waals surface area contributed by atoms with Crippen molar-refractivity contribution >= 4 is 47.4 Å². The van der Waals surface area contributed by atoms with Gasteiger partial charge in [0.1, 0.15) is 0 Å². The van der Waals surface area contributed by atoms with Crippen LogP contribution in [-0.4, -0.2) is 41.4 Å². The SMILES string of the molecule is CC(OC1CCCCO1)c1cc(Oc2c(Cl)cc(B3OC(C)(C)C(C)(C)O3)cc2Cl)nnc1Cl. The molecule has 0 N–H and O–H groups in total. The Labute approximate surface area is 215 Å². The molecule has 0 spiro atoms. The number of halogens is 3. The largest absolute Gasteiger partial charge is 0.494 e. The molecular weight excluding hydrogens is 501 g/mol. The summed E-state index contributed by atoms with van der Waals surface area (Å²) in [5, 5.41) is 8.83. The Morgan fingerprint density at radius 2 is 1.65 bits per heavy atom. The minimum atomic E-state index is -0.601. The van der Waals surface area contributed by atoms with Gasteiger partial charge in [-0.1, -0.05) is 34.8 Å². The molecule has 184 valence electrons. The number of ether oxygens (including phenoxy) is 3. The monoisotopic (exact) mass is 528 g/mol. The fourth-order valence-electron chi connectivity index (χ4n) is 3.72. The van der Waals surface area contributed by atoms with Crippen molar-refractivity contribution < 1.29 is 23.5 Å². The van der Waals surface area contributed by atoms with Crippen LogP contribution in [0.5, 0.6) is 11.6 Å². The number of hydrogen-bond donors (Lipinski definition) is 0. The number of nitrogens with zero attached hydrogens (tertiary/aromatic N) is 2. The van der Waals surface area contributed by atoms with E-state index < -0.39 is 18.3 Å². The van der Waals surface area contributed by atoms with Gasteiger partial charge in [-0.3, -0.25) is 0 Å². The minimum Gasteiger partial charge on any atom is -0.434 e. The molecule has 2 aromatic rings. The quantitative estimate of drug-likeness (QED) is 0.417. The molecule has 0 bridgehead atoms. The third-order valence-electron chi connectivity index (χ3n) is 6.44. The molecular formula is C23H28BCl3N2O5. The molecule has 2 atom stereocenters. The highest BCUT2D eigenvalue weighted by atomic mass is 35.5. The normalized spacial score (nSPS) is 22.6. The first kappa shape index (κ1) is 26.0. The lowest BCUT2D eigenvalue weighted by Gasteiger charge is -2.32. The summed E-state index contributed by atoms with van der Waals surface area (Å²) in [7, 11) is -0.601. The van der Waals surface area contributed by atoms with Gasteiger partial charge in [0.25, 0.3) is 0 Å². The van der Waals surface area contributed by atoms with Gasteiger partial charge < -0.3 is 23.5 Å². The molecule has 2 aliphatic rings. The van der Waals surface area contributed by atoms with Crippen LogP contribution in [0.2, 0.25) is 15.2 Å². The van der Waals surface area contributed by atoms with Crippen LogP contribution in [0.25, 0.3) is 0 Å². The van der Waals surface area contributed by atoms with Gasteiger partial charge in [-0.15, -0.1) is 10.2 Å². The lowest BCUT2D eigenvalue weighted by Crippen LogP contribution is -2.41. The van der Waals surface area contributed by atoms with E-state index in [1.807, 2.05) is 34.6 Å². The Hall–Kier alpha value is -1.13. The lowest BCUT2D eigenvalue weighted by atomic mass is 9.79. The molecule has 3 heterocycles. The van der Waals surface area contributed by atoms with Crippen LogP contribution in [0.1, 0.15) is 65.5 Å². The van der Waals surface area contributed by atoms with Crippen molar-refractivity contribution in [1.82, 2.24) is 10.2 Å². The van der Waals surface area contributed by atoms with E-state index in [-0.39, 0.29) is 39.2 Å². The first-order valence-electron chi connectivity index (χ1n) is 11.3. The Morgan fingerprint density at radius 3 is 2.24 bits per heavy atom. The molecule has 2 aliphatic heterocycles. The minimum absolute atomic E-state index is 0.187. The average molecular weight is 530 g/mol. The van der Waals surface area contributed by atoms with Crippen molar-refractivity contribution in [3.05, 3.63) is 39.0 Å². The first-order valence-corrected chi connectivity index (χ1v) is 12.4. The molecule has 0 aliphatic carbocycles. The second-order valence-electron chi connectivity index (χ2n) is 9.51. The van der Waals surface area contributed by atoms with Gasteiger partial charge >= 0.3 is 7.12 Å². The summed E-state index contributed by atoms with van der Waals surface area (Å²) < 4.78 is 29.8. The topological polar surface area (TPSA) is 71.9 Å². The standard InChI is InChI=1S/C23H28BCl3N2O5/c1-13(31-19-8-6-7-9-30-19)15-12-18(28-29-21(15)27)32-20-16(25)10-14(11-17(20)26)24-33-22(2,3)23(4,5)34-24/h10-13,19H,6-9H2,1-5H3. The Balaban J connectivity index is 1.52. The maximum absolute atomic E-state index is 6.53. The van der Waals surface area contributed by atoms with Gasteiger partial charge in [0.15, 0.2) is 17.2 Å². The molecule has 4 rings (SSSR count). The molecule has 2 saturated heterocycles. The zero-order valence-corrected chi connectivity index (χ0v) is 22.1. The summed E-state index contributed by atoms with van der Waals surface area (Å²) >= 11 is 19.3. The highest BCUT2D eigenvalue weighted by Crippen LogP contribution is 2.40. The number of hydrogen-bond acceptors (Lipinski definition) is 7. The summed E-state index contributed by atoms with van der Waals surface area (Å²) in [6.07, 6.45) is 2.30. The van der Waals surface area contributed by atoms with Gasteiger partial charge in [-0.2, -0.15) is 0 Å². The molecule has 1 aromatic heterocycles. The van der Waals surface area contributed by atoms with Gasteiger partial charge in [0.05, 0.1) is 27.4 Å². The predicted molar refractivity (Wildman–Crippen MR) is 132 cm³/mol. The summed E-state index contributed by atoms with van der Waals surface area (Å²) in [6.45, 7) is 10.5. The van der Waals surface area contributed by atoms with Crippen LogP contribution in [0.4, 0.5) is 0 Å². The summed E-state index contributed by atoms with van der Waals surface area (Å²) in [6, 6.07) is 5.08. The average Bonchev–Trinajstić information content (AvgIpc) is 2.99. The van der Waals surface area contributed by atoms with Gasteiger partial charge in [0.2, 0.25) is 5.88 Å². The van der Waals surface area contributed by atoms with Crippen LogP contribution in [0.15, 0.2) is 18.2 Å². The molecule has 11 heteroatoms. The third kappa shape index (κ3) is 5.49. The molecule has 0 saturated carbocycles. The van der Waals surface area contributed by atoms with E-state index >= 15 is 0 Å². The number of benzene rings is 1. The summed E-state index contributed by atoms with van der Waals surface area (Å²) in [4.78, 5) is 0. The van der Waals surface area contributed by atoms with Crippen molar-refractivity contribution in [2.75, 3.05) is 6.61 Å². The van der Waals surface area contributed by atoms with Gasteiger partial charge in [-0.05, 0) is 71.5 Å². The first-order chi connectivity index (χ1) is 16.0. The molecule has 7 nitrogen and oxygen atoms in total. The number of aromatic nitrogens is 2. The van der Waals surface area contributed by atoms with E-state index in [0.717, 1.165) is 19.3 Å². The molecule has 2 unspecified atom stereocenters. The van der Waals surface area contributed by atoms with Crippen LogP contribution in [0.3, 0.4) is 0 Å². The van der Waals surface area contributed by atoms with Crippen molar-refractivity contribution in [2.45, 2.75) is 77.5 Å². The maximum atomic E-state index is 6.53. The van der Waals surface area contributed by atoms with E-state index in [1.54, 1.807) is 18.2 Å². The fraction of sp³-hybridized carbons (Fsp3) is 0.565. The van der Waals surface area contributed by atoms with Crippen molar-refractivity contribution in [2.24, 2.45) is 0 Å². The van der Waals surface area contributed by atoms with E-state index in [0.29, 0.717) is 17.6 Å². The molecule has 2 fully saturated rings. The van der Waals surface area contributed by atoms with E-state index in [1.165, 1.54) is 0 Å².